The van der Waals surface area contributed by atoms with E-state index in [2.05, 4.69) is 5.10 Å². The lowest BCUT2D eigenvalue weighted by Gasteiger charge is -2.23. The Morgan fingerprint density at radius 3 is 2.85 bits per heavy atom. The van der Waals surface area contributed by atoms with Gasteiger partial charge < -0.3 is 9.47 Å². The average molecular weight is 463 g/mol. The number of rotatable bonds is 7. The minimum Gasteiger partial charge on any atom is -0.492 e. The topological polar surface area (TPSA) is 69.5 Å². The predicted octanol–water partition coefficient (Wildman–Crippen LogP) is 5.01. The number of nitrogens with zero attached hydrogens (tertiary/aromatic N) is 4. The minimum atomic E-state index is -0.123. The molecule has 2 aromatic carbocycles. The molecule has 0 saturated carbocycles. The lowest BCUT2D eigenvalue weighted by Crippen LogP contribution is -2.37. The molecule has 3 heterocycles. The SMILES string of the molecule is CCOc1cccc2sc(N(CC3CCCO3)C(=O)c3cnn(-c4ccccc4)c3C)nc12. The zero-order chi connectivity index (χ0) is 22.8. The first-order valence-electron chi connectivity index (χ1n) is 11.2. The van der Waals surface area contributed by atoms with Crippen LogP contribution in [0.3, 0.4) is 0 Å². The van der Waals surface area contributed by atoms with Crippen LogP contribution in [0.1, 0.15) is 35.8 Å². The highest BCUT2D eigenvalue weighted by atomic mass is 32.1. The van der Waals surface area contributed by atoms with E-state index in [1.54, 1.807) is 15.8 Å². The number of hydrogen-bond donors (Lipinski definition) is 0. The summed E-state index contributed by atoms with van der Waals surface area (Å²) >= 11 is 1.49. The van der Waals surface area contributed by atoms with E-state index in [0.29, 0.717) is 23.8 Å². The van der Waals surface area contributed by atoms with E-state index in [1.807, 2.05) is 62.4 Å². The molecule has 0 bridgehead atoms. The average Bonchev–Trinajstić information content (AvgIpc) is 3.58. The highest BCUT2D eigenvalue weighted by Gasteiger charge is 2.29. The van der Waals surface area contributed by atoms with Crippen molar-refractivity contribution >= 4 is 32.6 Å². The van der Waals surface area contributed by atoms with Crippen molar-refractivity contribution in [2.75, 3.05) is 24.7 Å². The summed E-state index contributed by atoms with van der Waals surface area (Å²) in [5.41, 5.74) is 3.04. The van der Waals surface area contributed by atoms with Gasteiger partial charge >= 0.3 is 0 Å². The number of para-hydroxylation sites is 2. The predicted molar refractivity (Wildman–Crippen MR) is 130 cm³/mol. The summed E-state index contributed by atoms with van der Waals surface area (Å²) in [5, 5.41) is 5.14. The minimum absolute atomic E-state index is 0.00296. The molecule has 0 radical (unpaired) electrons. The van der Waals surface area contributed by atoms with Crippen LogP contribution in [0.2, 0.25) is 0 Å². The highest BCUT2D eigenvalue weighted by Crippen LogP contribution is 2.35. The second-order valence-electron chi connectivity index (χ2n) is 7.97. The second kappa shape index (κ2) is 9.33. The molecule has 33 heavy (non-hydrogen) atoms. The molecule has 1 aliphatic heterocycles. The summed E-state index contributed by atoms with van der Waals surface area (Å²) in [6.45, 7) is 5.61. The van der Waals surface area contributed by atoms with Crippen molar-refractivity contribution < 1.29 is 14.3 Å². The van der Waals surface area contributed by atoms with Crippen molar-refractivity contribution in [1.29, 1.82) is 0 Å². The summed E-state index contributed by atoms with van der Waals surface area (Å²) in [6, 6.07) is 15.7. The molecule has 0 aliphatic carbocycles. The number of amides is 1. The Bertz CT molecular complexity index is 1260. The van der Waals surface area contributed by atoms with Crippen molar-refractivity contribution in [2.45, 2.75) is 32.8 Å². The first-order chi connectivity index (χ1) is 16.2. The smallest absolute Gasteiger partial charge is 0.263 e. The van der Waals surface area contributed by atoms with Crippen LogP contribution >= 0.6 is 11.3 Å². The van der Waals surface area contributed by atoms with Crippen LogP contribution in [-0.2, 0) is 4.74 Å². The van der Waals surface area contributed by atoms with E-state index in [1.165, 1.54) is 11.3 Å². The highest BCUT2D eigenvalue weighted by molar-refractivity contribution is 7.22. The van der Waals surface area contributed by atoms with Crippen LogP contribution < -0.4 is 9.64 Å². The normalized spacial score (nSPS) is 15.8. The van der Waals surface area contributed by atoms with Crippen LogP contribution in [0, 0.1) is 6.92 Å². The number of aromatic nitrogens is 3. The van der Waals surface area contributed by atoms with Gasteiger partial charge in [-0.3, -0.25) is 9.69 Å². The van der Waals surface area contributed by atoms with E-state index in [-0.39, 0.29) is 12.0 Å². The first-order valence-corrected chi connectivity index (χ1v) is 12.0. The quantitative estimate of drug-likeness (QED) is 0.386. The molecule has 5 rings (SSSR count). The maximum Gasteiger partial charge on any atom is 0.263 e. The van der Waals surface area contributed by atoms with Crippen molar-refractivity contribution in [3.8, 4) is 11.4 Å². The van der Waals surface area contributed by atoms with Gasteiger partial charge in [-0.15, -0.1) is 0 Å². The van der Waals surface area contributed by atoms with E-state index in [0.717, 1.165) is 46.8 Å². The molecule has 1 aliphatic rings. The van der Waals surface area contributed by atoms with Gasteiger partial charge in [0.1, 0.15) is 11.3 Å². The van der Waals surface area contributed by atoms with Gasteiger partial charge in [0.05, 0.1) is 47.1 Å². The fourth-order valence-corrected chi connectivity index (χ4v) is 5.12. The maximum absolute atomic E-state index is 13.8. The fourth-order valence-electron chi connectivity index (χ4n) is 4.13. The fraction of sp³-hybridized carbons (Fsp3) is 0.320. The summed E-state index contributed by atoms with van der Waals surface area (Å²) in [4.78, 5) is 20.4. The molecule has 0 N–H and O–H groups in total. The van der Waals surface area contributed by atoms with Crippen LogP contribution in [0.5, 0.6) is 5.75 Å². The molecule has 1 amide bonds. The third kappa shape index (κ3) is 4.24. The molecule has 1 fully saturated rings. The van der Waals surface area contributed by atoms with Gasteiger partial charge in [0.15, 0.2) is 5.13 Å². The van der Waals surface area contributed by atoms with Gasteiger partial charge in [0, 0.05) is 6.61 Å². The molecule has 0 spiro atoms. The van der Waals surface area contributed by atoms with Gasteiger partial charge in [0.2, 0.25) is 0 Å². The standard InChI is InChI=1S/C25H26N4O3S/c1-3-31-21-12-7-13-22-23(21)27-25(33-22)28(16-19-11-8-14-32-19)24(30)20-15-26-29(17(20)2)18-9-5-4-6-10-18/h4-7,9-10,12-13,15,19H,3,8,11,14,16H2,1-2H3. The Morgan fingerprint density at radius 1 is 1.24 bits per heavy atom. The molecule has 1 atom stereocenters. The second-order valence-corrected chi connectivity index (χ2v) is 8.98. The number of thiazole rings is 1. The number of benzene rings is 2. The first kappa shape index (κ1) is 21.6. The van der Waals surface area contributed by atoms with E-state index >= 15 is 0 Å². The van der Waals surface area contributed by atoms with Gasteiger partial charge in [-0.2, -0.15) is 5.10 Å². The largest absolute Gasteiger partial charge is 0.492 e. The van der Waals surface area contributed by atoms with Gasteiger partial charge in [-0.25, -0.2) is 9.67 Å². The number of carbonyl (C=O) groups excluding carboxylic acids is 1. The van der Waals surface area contributed by atoms with E-state index in [9.17, 15) is 4.79 Å². The molecule has 1 unspecified atom stereocenters. The van der Waals surface area contributed by atoms with E-state index < -0.39 is 0 Å². The molecule has 8 heteroatoms. The number of ether oxygens (including phenoxy) is 2. The zero-order valence-corrected chi connectivity index (χ0v) is 19.5. The Kier molecular flexibility index (Phi) is 6.11. The Balaban J connectivity index is 1.53. The van der Waals surface area contributed by atoms with Crippen molar-refractivity contribution in [3.63, 3.8) is 0 Å². The number of hydrogen-bond acceptors (Lipinski definition) is 6. The van der Waals surface area contributed by atoms with Gasteiger partial charge in [-0.1, -0.05) is 35.6 Å². The lowest BCUT2D eigenvalue weighted by molar-refractivity contribution is 0.0917. The number of carbonyl (C=O) groups is 1. The van der Waals surface area contributed by atoms with Crippen molar-refractivity contribution in [3.05, 3.63) is 66.0 Å². The van der Waals surface area contributed by atoms with Crippen molar-refractivity contribution in [1.82, 2.24) is 14.8 Å². The maximum atomic E-state index is 13.8. The molecular formula is C25H26N4O3S. The Labute approximate surface area is 196 Å². The van der Waals surface area contributed by atoms with E-state index in [4.69, 9.17) is 14.5 Å². The summed E-state index contributed by atoms with van der Waals surface area (Å²) in [7, 11) is 0. The Hall–Kier alpha value is -3.23. The van der Waals surface area contributed by atoms with Crippen LogP contribution in [0.15, 0.2) is 54.7 Å². The molecule has 4 aromatic rings. The third-order valence-corrected chi connectivity index (χ3v) is 6.84. The lowest BCUT2D eigenvalue weighted by atomic mass is 10.2. The molecule has 7 nitrogen and oxygen atoms in total. The molecule has 1 saturated heterocycles. The van der Waals surface area contributed by atoms with Crippen LogP contribution in [0.4, 0.5) is 5.13 Å². The summed E-state index contributed by atoms with van der Waals surface area (Å²) in [5.74, 6) is 0.609. The molecule has 2 aromatic heterocycles. The Morgan fingerprint density at radius 2 is 2.09 bits per heavy atom. The van der Waals surface area contributed by atoms with Gasteiger partial charge in [0.25, 0.3) is 5.91 Å². The number of anilines is 1. The van der Waals surface area contributed by atoms with Crippen molar-refractivity contribution in [2.24, 2.45) is 0 Å². The monoisotopic (exact) mass is 462 g/mol. The van der Waals surface area contributed by atoms with Gasteiger partial charge in [-0.05, 0) is 51.0 Å². The zero-order valence-electron chi connectivity index (χ0n) is 18.7. The van der Waals surface area contributed by atoms with Crippen LogP contribution in [-0.4, -0.2) is 46.5 Å². The van der Waals surface area contributed by atoms with Crippen LogP contribution in [0.25, 0.3) is 15.9 Å². The number of fused-ring (bicyclic) bond motifs is 1. The molecular weight excluding hydrogens is 436 g/mol. The summed E-state index contributed by atoms with van der Waals surface area (Å²) in [6.07, 6.45) is 3.58. The summed E-state index contributed by atoms with van der Waals surface area (Å²) < 4.78 is 14.4. The third-order valence-electron chi connectivity index (χ3n) is 5.80. The molecule has 170 valence electrons.